The van der Waals surface area contributed by atoms with Gasteiger partial charge in [0, 0.05) is 6.20 Å². The SMILES string of the molecule is [c]1ncn2cnccc12. The molecule has 43 valence electrons. The van der Waals surface area contributed by atoms with Crippen molar-refractivity contribution in [1.82, 2.24) is 14.4 Å². The van der Waals surface area contributed by atoms with Gasteiger partial charge in [0.1, 0.15) is 18.9 Å². The Bertz CT molecular complexity index is 282. The monoisotopic (exact) mass is 118 g/mol. The highest BCUT2D eigenvalue weighted by atomic mass is 15.0. The van der Waals surface area contributed by atoms with Crippen LogP contribution in [0.15, 0.2) is 24.9 Å². The van der Waals surface area contributed by atoms with E-state index in [1.165, 1.54) is 0 Å². The number of nitrogens with zero attached hydrogens (tertiary/aromatic N) is 3. The van der Waals surface area contributed by atoms with Crippen molar-refractivity contribution in [3.05, 3.63) is 31.1 Å². The smallest absolute Gasteiger partial charge is 0.117 e. The van der Waals surface area contributed by atoms with Crippen molar-refractivity contribution in [2.24, 2.45) is 0 Å². The Labute approximate surface area is 52.0 Å². The first-order valence-corrected chi connectivity index (χ1v) is 2.61. The molecule has 0 atom stereocenters. The van der Waals surface area contributed by atoms with Crippen LogP contribution in [0.4, 0.5) is 0 Å². The van der Waals surface area contributed by atoms with Crippen LogP contribution in [0.5, 0.6) is 0 Å². The zero-order valence-corrected chi connectivity index (χ0v) is 4.65. The van der Waals surface area contributed by atoms with E-state index in [4.69, 9.17) is 0 Å². The Morgan fingerprint density at radius 1 is 1.44 bits per heavy atom. The molecule has 0 saturated heterocycles. The van der Waals surface area contributed by atoms with Gasteiger partial charge >= 0.3 is 0 Å². The van der Waals surface area contributed by atoms with Crippen LogP contribution in [-0.4, -0.2) is 14.4 Å². The number of hydrogen-bond donors (Lipinski definition) is 0. The minimum absolute atomic E-state index is 0.949. The predicted molar refractivity (Wildman–Crippen MR) is 31.8 cm³/mol. The van der Waals surface area contributed by atoms with Gasteiger partial charge in [-0.1, -0.05) is 0 Å². The van der Waals surface area contributed by atoms with E-state index in [-0.39, 0.29) is 0 Å². The van der Waals surface area contributed by atoms with E-state index in [0.29, 0.717) is 0 Å². The average Bonchev–Trinajstić information content (AvgIpc) is 2.33. The molecule has 3 heteroatoms. The highest BCUT2D eigenvalue weighted by Crippen LogP contribution is 1.95. The number of hydrogen-bond acceptors (Lipinski definition) is 2. The normalized spacial score (nSPS) is 10.2. The zero-order chi connectivity index (χ0) is 6.10. The van der Waals surface area contributed by atoms with E-state index in [9.17, 15) is 0 Å². The maximum absolute atomic E-state index is 3.89. The lowest BCUT2D eigenvalue weighted by Crippen LogP contribution is -1.80. The largest absolute Gasteiger partial charge is 0.289 e. The summed E-state index contributed by atoms with van der Waals surface area (Å²) in [5.41, 5.74) is 0.949. The second-order valence-corrected chi connectivity index (χ2v) is 1.73. The summed E-state index contributed by atoms with van der Waals surface area (Å²) < 4.78 is 1.81. The Morgan fingerprint density at radius 3 is 3.33 bits per heavy atom. The second-order valence-electron chi connectivity index (χ2n) is 1.73. The predicted octanol–water partition coefficient (Wildman–Crippen LogP) is 0.529. The van der Waals surface area contributed by atoms with Crippen molar-refractivity contribution in [2.45, 2.75) is 0 Å². The Kier molecular flexibility index (Phi) is 0.773. The summed E-state index contributed by atoms with van der Waals surface area (Å²) in [6.45, 7) is 0. The number of rotatable bonds is 0. The Morgan fingerprint density at radius 2 is 2.44 bits per heavy atom. The van der Waals surface area contributed by atoms with Gasteiger partial charge in [0.05, 0.1) is 5.52 Å². The molecule has 9 heavy (non-hydrogen) atoms. The first-order chi connectivity index (χ1) is 4.47. The lowest BCUT2D eigenvalue weighted by molar-refractivity contribution is 1.07. The van der Waals surface area contributed by atoms with Crippen LogP contribution in [0.1, 0.15) is 0 Å². The van der Waals surface area contributed by atoms with Gasteiger partial charge in [-0.05, 0) is 6.07 Å². The summed E-state index contributed by atoms with van der Waals surface area (Å²) in [5, 5.41) is 0. The molecule has 0 fully saturated rings. The van der Waals surface area contributed by atoms with Gasteiger partial charge in [-0.2, -0.15) is 0 Å². The molecule has 0 aromatic carbocycles. The highest BCUT2D eigenvalue weighted by molar-refractivity contribution is 5.40. The van der Waals surface area contributed by atoms with Crippen molar-refractivity contribution in [3.63, 3.8) is 0 Å². The minimum atomic E-state index is 0.949. The maximum atomic E-state index is 3.89. The minimum Gasteiger partial charge on any atom is -0.289 e. The van der Waals surface area contributed by atoms with Gasteiger partial charge in [-0.25, -0.2) is 9.97 Å². The van der Waals surface area contributed by atoms with Gasteiger partial charge in [-0.3, -0.25) is 4.40 Å². The van der Waals surface area contributed by atoms with Crippen LogP contribution >= 0.6 is 0 Å². The fourth-order valence-corrected chi connectivity index (χ4v) is 0.716. The molecule has 0 amide bonds. The van der Waals surface area contributed by atoms with E-state index >= 15 is 0 Å². The molecule has 0 N–H and O–H groups in total. The topological polar surface area (TPSA) is 30.2 Å². The first kappa shape index (κ1) is 4.49. The molecule has 1 radical (unpaired) electrons. The van der Waals surface area contributed by atoms with E-state index < -0.39 is 0 Å². The third-order valence-electron chi connectivity index (χ3n) is 1.15. The van der Waals surface area contributed by atoms with Crippen molar-refractivity contribution in [1.29, 1.82) is 0 Å². The van der Waals surface area contributed by atoms with Crippen LogP contribution in [0, 0.1) is 6.20 Å². The van der Waals surface area contributed by atoms with Crippen molar-refractivity contribution >= 4 is 5.52 Å². The molecule has 2 rings (SSSR count). The highest BCUT2D eigenvalue weighted by Gasteiger charge is 1.87. The van der Waals surface area contributed by atoms with Crippen LogP contribution in [-0.2, 0) is 0 Å². The molecule has 0 saturated carbocycles. The standard InChI is InChI=1S/C6H4N3/c1-2-7-4-9-5-8-3-6(1)9/h1-2,4-5H. The summed E-state index contributed by atoms with van der Waals surface area (Å²) >= 11 is 0. The van der Waals surface area contributed by atoms with E-state index in [2.05, 4.69) is 16.2 Å². The quantitative estimate of drug-likeness (QED) is 0.505. The van der Waals surface area contributed by atoms with Gasteiger partial charge in [-0.15, -0.1) is 0 Å². The molecule has 3 nitrogen and oxygen atoms in total. The summed E-state index contributed by atoms with van der Waals surface area (Å²) in [7, 11) is 0. The molecule has 0 unspecified atom stereocenters. The average molecular weight is 118 g/mol. The van der Waals surface area contributed by atoms with Crippen LogP contribution in [0.3, 0.4) is 0 Å². The third kappa shape index (κ3) is 0.579. The summed E-state index contributed by atoms with van der Waals surface area (Å²) in [6.07, 6.45) is 7.87. The molecule has 0 aliphatic heterocycles. The fraction of sp³-hybridized carbons (Fsp3) is 0. The van der Waals surface area contributed by atoms with Crippen molar-refractivity contribution < 1.29 is 0 Å². The number of aromatic nitrogens is 3. The van der Waals surface area contributed by atoms with E-state index in [0.717, 1.165) is 5.52 Å². The zero-order valence-electron chi connectivity index (χ0n) is 4.65. The molecular weight excluding hydrogens is 114 g/mol. The Balaban J connectivity index is 2.95. The van der Waals surface area contributed by atoms with Gasteiger partial charge in [0.2, 0.25) is 0 Å². The lowest BCUT2D eigenvalue weighted by Gasteiger charge is -1.85. The van der Waals surface area contributed by atoms with Crippen molar-refractivity contribution in [2.75, 3.05) is 0 Å². The molecule has 0 spiro atoms. The van der Waals surface area contributed by atoms with E-state index in [1.54, 1.807) is 23.3 Å². The first-order valence-electron chi connectivity index (χ1n) is 2.61. The van der Waals surface area contributed by atoms with Crippen molar-refractivity contribution in [3.8, 4) is 0 Å². The van der Waals surface area contributed by atoms with Crippen LogP contribution in [0.25, 0.3) is 5.52 Å². The number of imidazole rings is 1. The fourth-order valence-electron chi connectivity index (χ4n) is 0.716. The summed E-state index contributed by atoms with van der Waals surface area (Å²) in [5.74, 6) is 0. The van der Waals surface area contributed by atoms with Crippen LogP contribution in [0.2, 0.25) is 0 Å². The Hall–Kier alpha value is -1.38. The van der Waals surface area contributed by atoms with Gasteiger partial charge in [0.15, 0.2) is 0 Å². The molecule has 2 aromatic heterocycles. The summed E-state index contributed by atoms with van der Waals surface area (Å²) in [4.78, 5) is 7.69. The molecule has 2 heterocycles. The third-order valence-corrected chi connectivity index (χ3v) is 1.15. The molecule has 0 bridgehead atoms. The van der Waals surface area contributed by atoms with E-state index in [1.807, 2.05) is 6.07 Å². The summed E-state index contributed by atoms with van der Waals surface area (Å²) in [6, 6.07) is 1.85. The molecule has 0 aliphatic rings. The maximum Gasteiger partial charge on any atom is 0.117 e. The van der Waals surface area contributed by atoms with Crippen LogP contribution < -0.4 is 0 Å². The molecule has 0 aliphatic carbocycles. The lowest BCUT2D eigenvalue weighted by atomic mass is 10.5. The molecule has 2 aromatic rings. The van der Waals surface area contributed by atoms with Gasteiger partial charge in [0.25, 0.3) is 0 Å². The molecular formula is C6H4N3. The number of fused-ring (bicyclic) bond motifs is 1. The second kappa shape index (κ2) is 1.55. The van der Waals surface area contributed by atoms with Gasteiger partial charge < -0.3 is 0 Å².